The lowest BCUT2D eigenvalue weighted by atomic mass is 9.93. The van der Waals surface area contributed by atoms with Crippen LogP contribution in [0.15, 0.2) is 89.8 Å². The molecule has 1 heterocycles. The predicted octanol–water partition coefficient (Wildman–Crippen LogP) is 3.28. The summed E-state index contributed by atoms with van der Waals surface area (Å²) in [5.74, 6) is -0.159. The summed E-state index contributed by atoms with van der Waals surface area (Å²) in [4.78, 5) is 12.9. The number of β-lactam (4-membered cyclic amide) rings is 1. The number of rotatable bonds is 5. The van der Waals surface area contributed by atoms with Crippen molar-refractivity contribution in [1.29, 1.82) is 5.26 Å². The Kier molecular flexibility index (Phi) is 4.79. The van der Waals surface area contributed by atoms with Gasteiger partial charge in [0.25, 0.3) is 15.9 Å². The zero-order valence-electron chi connectivity index (χ0n) is 15.2. The van der Waals surface area contributed by atoms with Gasteiger partial charge in [-0.1, -0.05) is 48.5 Å². The van der Waals surface area contributed by atoms with Crippen LogP contribution >= 0.6 is 0 Å². The lowest BCUT2D eigenvalue weighted by Gasteiger charge is -2.45. The summed E-state index contributed by atoms with van der Waals surface area (Å²) in [7, 11) is -4.05. The van der Waals surface area contributed by atoms with Crippen LogP contribution in [0.1, 0.15) is 17.2 Å². The van der Waals surface area contributed by atoms with Crippen molar-refractivity contribution in [2.45, 2.75) is 17.0 Å². The summed E-state index contributed by atoms with van der Waals surface area (Å²) in [6.07, 6.45) is -0.983. The van der Waals surface area contributed by atoms with Crippen LogP contribution in [0.25, 0.3) is 0 Å². The second-order valence-corrected chi connectivity index (χ2v) is 8.30. The standard InChI is InChI=1S/C22H16N2O4S/c23-15-16-11-13-17(14-12-16)20-21(28-18-7-3-1-4-8-18)22(25)24(20)29(26,27)19-9-5-2-6-10-19/h1-14,20-21H/t20-,21+/m1/s1. The molecule has 0 saturated carbocycles. The van der Waals surface area contributed by atoms with Crippen LogP contribution in [0.5, 0.6) is 5.75 Å². The zero-order valence-corrected chi connectivity index (χ0v) is 16.0. The molecule has 3 aromatic rings. The molecule has 0 bridgehead atoms. The first kappa shape index (κ1) is 18.7. The minimum absolute atomic E-state index is 0.0326. The third kappa shape index (κ3) is 3.35. The highest BCUT2D eigenvalue weighted by Gasteiger charge is 2.56. The molecule has 1 aliphatic rings. The Balaban J connectivity index is 1.74. The number of ether oxygens (including phenoxy) is 1. The van der Waals surface area contributed by atoms with Crippen LogP contribution in [0.3, 0.4) is 0 Å². The van der Waals surface area contributed by atoms with Crippen LogP contribution in [0, 0.1) is 11.3 Å². The third-order valence-corrected chi connectivity index (χ3v) is 6.48. The van der Waals surface area contributed by atoms with E-state index < -0.39 is 28.1 Å². The van der Waals surface area contributed by atoms with E-state index in [1.165, 1.54) is 12.1 Å². The van der Waals surface area contributed by atoms with Gasteiger partial charge in [-0.25, -0.2) is 12.7 Å². The fourth-order valence-corrected chi connectivity index (χ4v) is 4.84. The summed E-state index contributed by atoms with van der Waals surface area (Å²) in [5.41, 5.74) is 1.02. The number of para-hydroxylation sites is 1. The molecule has 2 atom stereocenters. The molecule has 0 unspecified atom stereocenters. The van der Waals surface area contributed by atoms with E-state index >= 15 is 0 Å². The maximum absolute atomic E-state index is 13.1. The first-order valence-electron chi connectivity index (χ1n) is 8.87. The van der Waals surface area contributed by atoms with Gasteiger partial charge in [-0.15, -0.1) is 0 Å². The first-order valence-corrected chi connectivity index (χ1v) is 10.3. The Bertz CT molecular complexity index is 1170. The van der Waals surface area contributed by atoms with E-state index in [-0.39, 0.29) is 4.90 Å². The SMILES string of the molecule is N#Cc1ccc([C@@H]2[C@H](Oc3ccccc3)C(=O)N2S(=O)(=O)c2ccccc2)cc1. The first-order chi connectivity index (χ1) is 14.0. The average Bonchev–Trinajstić information content (AvgIpc) is 2.77. The largest absolute Gasteiger partial charge is 0.478 e. The number of carbonyl (C=O) groups is 1. The summed E-state index contributed by atoms with van der Waals surface area (Å²) in [6.45, 7) is 0. The molecule has 0 radical (unpaired) electrons. The van der Waals surface area contributed by atoms with E-state index in [0.29, 0.717) is 16.9 Å². The van der Waals surface area contributed by atoms with Crippen LogP contribution in [-0.4, -0.2) is 24.7 Å². The topological polar surface area (TPSA) is 87.5 Å². The molecule has 0 aliphatic carbocycles. The molecule has 144 valence electrons. The highest BCUT2D eigenvalue weighted by Crippen LogP contribution is 2.41. The predicted molar refractivity (Wildman–Crippen MR) is 105 cm³/mol. The molecule has 0 N–H and O–H groups in total. The van der Waals surface area contributed by atoms with Crippen LogP contribution in [0.4, 0.5) is 0 Å². The number of hydrogen-bond acceptors (Lipinski definition) is 5. The Morgan fingerprint density at radius 2 is 1.45 bits per heavy atom. The Labute approximate surface area is 168 Å². The van der Waals surface area contributed by atoms with Gasteiger partial charge in [-0.05, 0) is 42.0 Å². The molecule has 0 aromatic heterocycles. The van der Waals surface area contributed by atoms with E-state index in [2.05, 4.69) is 0 Å². The van der Waals surface area contributed by atoms with Gasteiger partial charge in [-0.2, -0.15) is 5.26 Å². The van der Waals surface area contributed by atoms with Crippen molar-refractivity contribution >= 4 is 15.9 Å². The van der Waals surface area contributed by atoms with Gasteiger partial charge in [-0.3, -0.25) is 4.79 Å². The average molecular weight is 404 g/mol. The number of nitriles is 1. The number of sulfonamides is 1. The highest BCUT2D eigenvalue weighted by atomic mass is 32.2. The smallest absolute Gasteiger partial charge is 0.280 e. The molecule has 1 fully saturated rings. The van der Waals surface area contributed by atoms with Crippen molar-refractivity contribution in [1.82, 2.24) is 4.31 Å². The maximum Gasteiger partial charge on any atom is 0.280 e. The normalized spacial score (nSPS) is 18.6. The molecule has 7 heteroatoms. The van der Waals surface area contributed by atoms with Gasteiger partial charge in [0.05, 0.1) is 16.5 Å². The van der Waals surface area contributed by atoms with Crippen molar-refractivity contribution in [3.05, 3.63) is 96.1 Å². The quantitative estimate of drug-likeness (QED) is 0.609. The molecule has 1 aliphatic heterocycles. The summed E-state index contributed by atoms with van der Waals surface area (Å²) in [6, 6.07) is 24.2. The number of hydrogen-bond donors (Lipinski definition) is 0. The third-order valence-electron chi connectivity index (χ3n) is 4.69. The lowest BCUT2D eigenvalue weighted by molar-refractivity contribution is -0.153. The van der Waals surface area contributed by atoms with Crippen LogP contribution in [-0.2, 0) is 14.8 Å². The molecule has 0 spiro atoms. The molecule has 3 aromatic carbocycles. The molecule has 29 heavy (non-hydrogen) atoms. The molecular formula is C22H16N2O4S. The van der Waals surface area contributed by atoms with Gasteiger partial charge in [0, 0.05) is 0 Å². The van der Waals surface area contributed by atoms with Crippen molar-refractivity contribution in [2.75, 3.05) is 0 Å². The number of amides is 1. The second-order valence-electron chi connectivity index (χ2n) is 6.48. The van der Waals surface area contributed by atoms with Crippen molar-refractivity contribution in [3.8, 4) is 11.8 Å². The van der Waals surface area contributed by atoms with Crippen LogP contribution in [0.2, 0.25) is 0 Å². The van der Waals surface area contributed by atoms with Crippen molar-refractivity contribution < 1.29 is 17.9 Å². The molecule has 4 rings (SSSR count). The van der Waals surface area contributed by atoms with E-state index in [0.717, 1.165) is 4.31 Å². The van der Waals surface area contributed by atoms with Crippen molar-refractivity contribution in [2.24, 2.45) is 0 Å². The second kappa shape index (κ2) is 7.41. The Hall–Kier alpha value is -3.63. The lowest BCUT2D eigenvalue weighted by Crippen LogP contribution is -2.63. The fraction of sp³-hybridized carbons (Fsp3) is 0.0909. The Morgan fingerprint density at radius 3 is 2.03 bits per heavy atom. The fourth-order valence-electron chi connectivity index (χ4n) is 3.24. The summed E-state index contributed by atoms with van der Waals surface area (Å²) < 4.78 is 32.9. The summed E-state index contributed by atoms with van der Waals surface area (Å²) >= 11 is 0. The molecule has 6 nitrogen and oxygen atoms in total. The minimum atomic E-state index is -4.05. The van der Waals surface area contributed by atoms with Crippen molar-refractivity contribution in [3.63, 3.8) is 0 Å². The van der Waals surface area contributed by atoms with E-state index in [4.69, 9.17) is 10.00 Å². The van der Waals surface area contributed by atoms with E-state index in [9.17, 15) is 13.2 Å². The van der Waals surface area contributed by atoms with Gasteiger partial charge in [0.15, 0.2) is 0 Å². The molecular weight excluding hydrogens is 388 g/mol. The van der Waals surface area contributed by atoms with Gasteiger partial charge >= 0.3 is 0 Å². The number of nitrogens with zero attached hydrogens (tertiary/aromatic N) is 2. The van der Waals surface area contributed by atoms with Gasteiger partial charge in [0.2, 0.25) is 6.10 Å². The summed E-state index contributed by atoms with van der Waals surface area (Å²) in [5, 5.41) is 9.02. The molecule has 1 saturated heterocycles. The highest BCUT2D eigenvalue weighted by molar-refractivity contribution is 7.89. The Morgan fingerprint density at radius 1 is 0.862 bits per heavy atom. The monoisotopic (exact) mass is 404 g/mol. The van der Waals surface area contributed by atoms with E-state index in [1.807, 2.05) is 12.1 Å². The zero-order chi connectivity index (χ0) is 20.4. The van der Waals surface area contributed by atoms with Crippen LogP contribution < -0.4 is 4.74 Å². The minimum Gasteiger partial charge on any atom is -0.478 e. The molecule has 1 amide bonds. The van der Waals surface area contributed by atoms with E-state index in [1.54, 1.807) is 66.7 Å². The van der Waals surface area contributed by atoms with Gasteiger partial charge in [0.1, 0.15) is 11.8 Å². The number of carbonyl (C=O) groups excluding carboxylic acids is 1. The number of benzene rings is 3. The maximum atomic E-state index is 13.1. The van der Waals surface area contributed by atoms with Gasteiger partial charge < -0.3 is 4.74 Å².